The molecule has 6 nitrogen and oxygen atoms in total. The summed E-state index contributed by atoms with van der Waals surface area (Å²) in [6.07, 6.45) is 3.29. The van der Waals surface area contributed by atoms with Gasteiger partial charge in [0, 0.05) is 32.1 Å². The zero-order valence-electron chi connectivity index (χ0n) is 13.5. The number of fused-ring (bicyclic) bond motifs is 1. The van der Waals surface area contributed by atoms with Crippen LogP contribution in [0.5, 0.6) is 0 Å². The molecule has 0 amide bonds. The van der Waals surface area contributed by atoms with Crippen molar-refractivity contribution in [3.05, 3.63) is 45.7 Å². The number of hydrogen-bond acceptors (Lipinski definition) is 5. The molecule has 0 saturated heterocycles. The minimum Gasteiger partial charge on any atom is -0.462 e. The van der Waals surface area contributed by atoms with Gasteiger partial charge in [0.05, 0.1) is 12.1 Å². The van der Waals surface area contributed by atoms with Crippen LogP contribution in [0.4, 0.5) is 0 Å². The first-order valence-corrected chi connectivity index (χ1v) is 7.46. The maximum absolute atomic E-state index is 12.6. The lowest BCUT2D eigenvalue weighted by Gasteiger charge is -2.21. The number of aromatic nitrogens is 1. The second kappa shape index (κ2) is 7.09. The number of carbonyl (C=O) groups excluding carboxylic acids is 2. The normalized spacial score (nSPS) is 10.6. The van der Waals surface area contributed by atoms with E-state index in [-0.39, 0.29) is 17.6 Å². The molecule has 1 aromatic carbocycles. The Kier molecular flexibility index (Phi) is 5.16. The van der Waals surface area contributed by atoms with Crippen molar-refractivity contribution >= 4 is 23.2 Å². The zero-order chi connectivity index (χ0) is 17.0. The number of aldehydes is 1. The molecule has 1 aromatic heterocycles. The molecule has 23 heavy (non-hydrogen) atoms. The highest BCUT2D eigenvalue weighted by Crippen LogP contribution is 2.16. The monoisotopic (exact) mass is 316 g/mol. The fourth-order valence-electron chi connectivity index (χ4n) is 2.43. The van der Waals surface area contributed by atoms with Crippen LogP contribution in [0.2, 0.25) is 0 Å². The smallest absolute Gasteiger partial charge is 0.343 e. The largest absolute Gasteiger partial charge is 0.462 e. The van der Waals surface area contributed by atoms with Crippen molar-refractivity contribution in [2.24, 2.45) is 0 Å². The van der Waals surface area contributed by atoms with Gasteiger partial charge in [-0.1, -0.05) is 6.07 Å². The van der Waals surface area contributed by atoms with E-state index in [1.54, 1.807) is 22.7 Å². The molecule has 6 heteroatoms. The quantitative estimate of drug-likeness (QED) is 0.597. The van der Waals surface area contributed by atoms with Crippen LogP contribution in [0, 0.1) is 0 Å². The average Bonchev–Trinajstić information content (AvgIpc) is 2.53. The van der Waals surface area contributed by atoms with Gasteiger partial charge in [-0.2, -0.15) is 0 Å². The van der Waals surface area contributed by atoms with Crippen molar-refractivity contribution in [1.82, 2.24) is 4.68 Å². The Morgan fingerprint density at radius 3 is 2.70 bits per heavy atom. The summed E-state index contributed by atoms with van der Waals surface area (Å²) in [5, 5.41) is 2.21. The summed E-state index contributed by atoms with van der Waals surface area (Å²) in [6, 6.07) is 5.45. The number of aryl methyl sites for hydroxylation is 1. The van der Waals surface area contributed by atoms with E-state index < -0.39 is 5.97 Å². The molecular weight excluding hydrogens is 296 g/mol. The number of carbonyl (C=O) groups is 2. The molecule has 0 fully saturated rings. The van der Waals surface area contributed by atoms with E-state index in [1.807, 2.05) is 26.2 Å². The summed E-state index contributed by atoms with van der Waals surface area (Å²) in [4.78, 5) is 35.2. The summed E-state index contributed by atoms with van der Waals surface area (Å²) >= 11 is 0. The Labute approximate surface area is 134 Å². The second-order valence-corrected chi connectivity index (χ2v) is 5.34. The summed E-state index contributed by atoms with van der Waals surface area (Å²) in [5.41, 5.74) is 1.22. The van der Waals surface area contributed by atoms with Gasteiger partial charge in [-0.05, 0) is 31.0 Å². The highest BCUT2D eigenvalue weighted by atomic mass is 16.5. The van der Waals surface area contributed by atoms with Crippen LogP contribution in [-0.4, -0.2) is 37.6 Å². The number of ether oxygens (including phenoxy) is 1. The third-order valence-electron chi connectivity index (χ3n) is 3.53. The maximum atomic E-state index is 12.6. The highest BCUT2D eigenvalue weighted by Gasteiger charge is 2.17. The third-order valence-corrected chi connectivity index (χ3v) is 3.53. The summed E-state index contributed by atoms with van der Waals surface area (Å²) in [7, 11) is 3.64. The first-order chi connectivity index (χ1) is 11.0. The fourth-order valence-corrected chi connectivity index (χ4v) is 2.43. The van der Waals surface area contributed by atoms with Crippen LogP contribution in [0.25, 0.3) is 10.9 Å². The Balaban J connectivity index is 2.69. The van der Waals surface area contributed by atoms with Crippen molar-refractivity contribution in [2.45, 2.75) is 19.8 Å². The van der Waals surface area contributed by atoms with Gasteiger partial charge in [0.15, 0.2) is 0 Å². The summed E-state index contributed by atoms with van der Waals surface area (Å²) in [6.45, 7) is 1.90. The van der Waals surface area contributed by atoms with Crippen LogP contribution in [-0.2, 0) is 16.0 Å². The molecule has 0 aliphatic rings. The van der Waals surface area contributed by atoms with E-state index in [9.17, 15) is 14.4 Å². The molecule has 2 aromatic rings. The van der Waals surface area contributed by atoms with Gasteiger partial charge < -0.3 is 14.5 Å². The van der Waals surface area contributed by atoms with Crippen LogP contribution in [0.15, 0.2) is 29.2 Å². The van der Waals surface area contributed by atoms with Crippen LogP contribution < -0.4 is 10.4 Å². The number of hydrogen-bond donors (Lipinski definition) is 0. The Hall–Kier alpha value is -2.63. The molecule has 0 spiro atoms. The highest BCUT2D eigenvalue weighted by molar-refractivity contribution is 5.94. The third kappa shape index (κ3) is 3.41. The van der Waals surface area contributed by atoms with Gasteiger partial charge in [0.1, 0.15) is 11.8 Å². The van der Waals surface area contributed by atoms with Gasteiger partial charge in [0.25, 0.3) is 0 Å². The van der Waals surface area contributed by atoms with E-state index >= 15 is 0 Å². The molecule has 0 bridgehead atoms. The molecule has 0 atom stereocenters. The van der Waals surface area contributed by atoms with E-state index in [0.717, 1.165) is 11.8 Å². The molecule has 1 heterocycles. The lowest BCUT2D eigenvalue weighted by molar-refractivity contribution is -0.107. The molecule has 0 aliphatic heterocycles. The van der Waals surface area contributed by atoms with Crippen molar-refractivity contribution in [3.63, 3.8) is 0 Å². The van der Waals surface area contributed by atoms with E-state index in [0.29, 0.717) is 23.7 Å². The second-order valence-electron chi connectivity index (χ2n) is 5.34. The number of esters is 1. The number of pyridine rings is 1. The van der Waals surface area contributed by atoms with Crippen molar-refractivity contribution in [3.8, 4) is 0 Å². The lowest BCUT2D eigenvalue weighted by atomic mass is 10.1. The van der Waals surface area contributed by atoms with Crippen molar-refractivity contribution in [2.75, 3.05) is 25.7 Å². The Morgan fingerprint density at radius 2 is 2.09 bits per heavy atom. The van der Waals surface area contributed by atoms with Crippen LogP contribution >= 0.6 is 0 Å². The van der Waals surface area contributed by atoms with Crippen molar-refractivity contribution < 1.29 is 14.3 Å². The lowest BCUT2D eigenvalue weighted by Crippen LogP contribution is -2.30. The summed E-state index contributed by atoms with van der Waals surface area (Å²) in [5.74, 6) is -0.631. The topological polar surface area (TPSA) is 68.6 Å². The maximum Gasteiger partial charge on any atom is 0.343 e. The molecule has 0 unspecified atom stereocenters. The predicted octanol–water partition coefficient (Wildman–Crippen LogP) is 1.51. The Bertz CT molecular complexity index is 793. The fraction of sp³-hybridized carbons (Fsp3) is 0.353. The van der Waals surface area contributed by atoms with E-state index in [2.05, 4.69) is 0 Å². The standard InChI is InChI=1S/C17H20N2O4/c1-4-23-17(22)14-11-19(18(2)3)15-8-7-12(6-5-9-20)10-13(15)16(14)21/h7-11H,4-6H2,1-3H3. The minimum absolute atomic E-state index is 0.000544. The molecule has 0 radical (unpaired) electrons. The van der Waals surface area contributed by atoms with Gasteiger partial charge in [-0.3, -0.25) is 9.47 Å². The van der Waals surface area contributed by atoms with Gasteiger partial charge in [0.2, 0.25) is 5.43 Å². The van der Waals surface area contributed by atoms with Gasteiger partial charge >= 0.3 is 5.97 Å². The van der Waals surface area contributed by atoms with E-state index in [4.69, 9.17) is 4.74 Å². The molecule has 0 saturated carbocycles. The van der Waals surface area contributed by atoms with Crippen LogP contribution in [0.3, 0.4) is 0 Å². The summed E-state index contributed by atoms with van der Waals surface area (Å²) < 4.78 is 6.70. The first-order valence-electron chi connectivity index (χ1n) is 7.46. The number of rotatable bonds is 6. The molecule has 0 aliphatic carbocycles. The predicted molar refractivity (Wildman–Crippen MR) is 88.6 cm³/mol. The van der Waals surface area contributed by atoms with Gasteiger partial charge in [-0.25, -0.2) is 4.79 Å². The molecule has 2 rings (SSSR count). The Morgan fingerprint density at radius 1 is 1.35 bits per heavy atom. The SMILES string of the molecule is CCOC(=O)c1cn(N(C)C)c2ccc(CCC=O)cc2c1=O. The molecular formula is C17H20N2O4. The van der Waals surface area contributed by atoms with Gasteiger partial charge in [-0.15, -0.1) is 0 Å². The van der Waals surface area contributed by atoms with E-state index in [1.165, 1.54) is 6.20 Å². The first kappa shape index (κ1) is 16.7. The zero-order valence-corrected chi connectivity index (χ0v) is 13.5. The van der Waals surface area contributed by atoms with Crippen molar-refractivity contribution in [1.29, 1.82) is 0 Å². The number of nitrogens with zero attached hydrogens (tertiary/aromatic N) is 2. The molecule has 122 valence electrons. The average molecular weight is 316 g/mol. The molecule has 0 N–H and O–H groups in total. The minimum atomic E-state index is -0.631. The van der Waals surface area contributed by atoms with Crippen LogP contribution in [0.1, 0.15) is 29.3 Å². The number of benzene rings is 1.